The zero-order chi connectivity index (χ0) is 14.6. The molecule has 0 radical (unpaired) electrons. The van der Waals surface area contributed by atoms with Gasteiger partial charge in [0.25, 0.3) is 0 Å². The van der Waals surface area contributed by atoms with E-state index in [4.69, 9.17) is 15.7 Å². The summed E-state index contributed by atoms with van der Waals surface area (Å²) in [6.45, 7) is 2.12. The van der Waals surface area contributed by atoms with E-state index in [-0.39, 0.29) is 0 Å². The van der Waals surface area contributed by atoms with Crippen molar-refractivity contribution in [3.05, 3.63) is 30.2 Å². The number of rotatable bonds is 1. The van der Waals surface area contributed by atoms with E-state index in [0.29, 0.717) is 0 Å². The molecule has 8 heteroatoms. The first-order valence-electron chi connectivity index (χ1n) is 5.26. The van der Waals surface area contributed by atoms with Crippen molar-refractivity contribution >= 4 is 16.9 Å². The lowest BCUT2D eigenvalue weighted by Gasteiger charge is -1.93. The minimum Gasteiger partial charge on any atom is -0.475 e. The number of aryl methyl sites for hydroxylation is 1. The third kappa shape index (κ3) is 3.60. The molecule has 0 atom stereocenters. The van der Waals surface area contributed by atoms with Crippen molar-refractivity contribution in [1.29, 1.82) is 0 Å². The van der Waals surface area contributed by atoms with Crippen LogP contribution < -0.4 is 5.84 Å². The maximum absolute atomic E-state index is 10.6. The molecule has 2 heterocycles. The maximum Gasteiger partial charge on any atom is 0.490 e. The summed E-state index contributed by atoms with van der Waals surface area (Å²) in [6.07, 6.45) is 1.45. The van der Waals surface area contributed by atoms with Gasteiger partial charge in [-0.05, 0) is 18.1 Å². The van der Waals surface area contributed by atoms with Crippen LogP contribution in [0.1, 0.15) is 12.5 Å². The Hall–Kier alpha value is -2.25. The topological polar surface area (TPSA) is 81.1 Å². The van der Waals surface area contributed by atoms with E-state index >= 15 is 0 Å². The Morgan fingerprint density at radius 3 is 2.58 bits per heavy atom. The molecular formula is C11H12F3N3O2. The fourth-order valence-corrected chi connectivity index (χ4v) is 1.45. The fraction of sp³-hybridized carbons (Fsp3) is 0.273. The quantitative estimate of drug-likeness (QED) is 0.779. The highest BCUT2D eigenvalue weighted by Crippen LogP contribution is 2.18. The summed E-state index contributed by atoms with van der Waals surface area (Å²) in [5.74, 6) is 2.97. The third-order valence-corrected chi connectivity index (χ3v) is 2.34. The van der Waals surface area contributed by atoms with Crippen LogP contribution in [0, 0.1) is 0 Å². The standard InChI is InChI=1S/C9H11N3.C2HF3O2/c1-2-7-6-12(10)9-5-11-4-3-8(7)9;3-2(4,5)1(6)7/h3-6H,2,10H2,1H3;(H,6,7). The van der Waals surface area contributed by atoms with Gasteiger partial charge in [0, 0.05) is 17.8 Å². The van der Waals surface area contributed by atoms with Crippen molar-refractivity contribution in [2.45, 2.75) is 19.5 Å². The molecule has 0 aliphatic carbocycles. The smallest absolute Gasteiger partial charge is 0.475 e. The van der Waals surface area contributed by atoms with Gasteiger partial charge in [-0.3, -0.25) is 9.66 Å². The molecule has 0 amide bonds. The van der Waals surface area contributed by atoms with E-state index < -0.39 is 12.1 Å². The maximum atomic E-state index is 10.6. The lowest BCUT2D eigenvalue weighted by Crippen LogP contribution is -2.21. The molecule has 0 aliphatic rings. The van der Waals surface area contributed by atoms with Crippen LogP contribution in [-0.2, 0) is 11.2 Å². The van der Waals surface area contributed by atoms with Gasteiger partial charge >= 0.3 is 12.1 Å². The highest BCUT2D eigenvalue weighted by molar-refractivity contribution is 5.83. The van der Waals surface area contributed by atoms with Gasteiger partial charge in [-0.25, -0.2) is 4.79 Å². The molecule has 0 aliphatic heterocycles. The van der Waals surface area contributed by atoms with Crippen molar-refractivity contribution in [2.75, 3.05) is 5.84 Å². The molecule has 2 rings (SSSR count). The van der Waals surface area contributed by atoms with Crippen LogP contribution in [0.5, 0.6) is 0 Å². The number of carboxylic acid groups (broad SMARTS) is 1. The third-order valence-electron chi connectivity index (χ3n) is 2.34. The zero-order valence-corrected chi connectivity index (χ0v) is 9.98. The number of hydrogen-bond acceptors (Lipinski definition) is 3. The number of nitrogens with zero attached hydrogens (tertiary/aromatic N) is 2. The summed E-state index contributed by atoms with van der Waals surface area (Å²) in [5.41, 5.74) is 2.27. The van der Waals surface area contributed by atoms with Crippen LogP contribution in [0.15, 0.2) is 24.7 Å². The Bertz CT molecular complexity index is 578. The van der Waals surface area contributed by atoms with Gasteiger partial charge in [0.2, 0.25) is 0 Å². The predicted octanol–water partition coefficient (Wildman–Crippen LogP) is 1.95. The Morgan fingerprint density at radius 1 is 1.53 bits per heavy atom. The second-order valence-electron chi connectivity index (χ2n) is 3.61. The SMILES string of the molecule is CCc1cn(N)c2cnccc12.O=C(O)C(F)(F)F. The molecule has 2 aromatic rings. The molecule has 5 nitrogen and oxygen atoms in total. The Balaban J connectivity index is 0.000000224. The van der Waals surface area contributed by atoms with Crippen LogP contribution in [0.25, 0.3) is 10.9 Å². The van der Waals surface area contributed by atoms with Gasteiger partial charge in [0.05, 0.1) is 11.7 Å². The van der Waals surface area contributed by atoms with Crippen molar-refractivity contribution in [1.82, 2.24) is 9.66 Å². The lowest BCUT2D eigenvalue weighted by molar-refractivity contribution is -0.192. The average Bonchev–Trinajstić information content (AvgIpc) is 2.66. The molecule has 0 spiro atoms. The van der Waals surface area contributed by atoms with E-state index in [1.807, 2.05) is 12.3 Å². The Kier molecular flexibility index (Phi) is 4.36. The molecule has 19 heavy (non-hydrogen) atoms. The Morgan fingerprint density at radius 2 is 2.11 bits per heavy atom. The minimum absolute atomic E-state index is 0.995. The lowest BCUT2D eigenvalue weighted by atomic mass is 10.2. The highest BCUT2D eigenvalue weighted by atomic mass is 19.4. The monoisotopic (exact) mass is 275 g/mol. The van der Waals surface area contributed by atoms with Gasteiger partial charge in [-0.15, -0.1) is 0 Å². The minimum atomic E-state index is -5.08. The van der Waals surface area contributed by atoms with E-state index in [1.54, 1.807) is 17.1 Å². The number of hydrogen-bond donors (Lipinski definition) is 2. The van der Waals surface area contributed by atoms with Gasteiger partial charge in [0.15, 0.2) is 0 Å². The molecule has 0 saturated heterocycles. The van der Waals surface area contributed by atoms with Crippen LogP contribution in [0.3, 0.4) is 0 Å². The number of aliphatic carboxylic acids is 1. The van der Waals surface area contributed by atoms with E-state index in [0.717, 1.165) is 11.9 Å². The number of carboxylic acids is 1. The van der Waals surface area contributed by atoms with Crippen LogP contribution in [0.4, 0.5) is 13.2 Å². The summed E-state index contributed by atoms with van der Waals surface area (Å²) in [7, 11) is 0. The number of nitrogen functional groups attached to an aromatic ring is 1. The second kappa shape index (κ2) is 5.59. The molecule has 0 saturated carbocycles. The molecule has 0 fully saturated rings. The number of alkyl halides is 3. The summed E-state index contributed by atoms with van der Waals surface area (Å²) in [6, 6.07) is 2.00. The second-order valence-corrected chi connectivity index (χ2v) is 3.61. The number of pyridine rings is 1. The van der Waals surface area contributed by atoms with Gasteiger partial charge in [0.1, 0.15) is 0 Å². The fourth-order valence-electron chi connectivity index (χ4n) is 1.45. The summed E-state index contributed by atoms with van der Waals surface area (Å²) in [5, 5.41) is 8.33. The van der Waals surface area contributed by atoms with Crippen molar-refractivity contribution < 1.29 is 23.1 Å². The molecule has 0 unspecified atom stereocenters. The zero-order valence-electron chi connectivity index (χ0n) is 9.98. The first-order chi connectivity index (χ1) is 8.77. The Labute approximate surface area is 106 Å². The van der Waals surface area contributed by atoms with Crippen LogP contribution >= 0.6 is 0 Å². The highest BCUT2D eigenvalue weighted by Gasteiger charge is 2.38. The first-order valence-corrected chi connectivity index (χ1v) is 5.26. The van der Waals surface area contributed by atoms with E-state index in [2.05, 4.69) is 11.9 Å². The molecule has 0 aromatic carbocycles. The van der Waals surface area contributed by atoms with Crippen molar-refractivity contribution in [3.8, 4) is 0 Å². The summed E-state index contributed by atoms with van der Waals surface area (Å²) >= 11 is 0. The van der Waals surface area contributed by atoms with Gasteiger partial charge < -0.3 is 10.9 Å². The number of halogens is 3. The van der Waals surface area contributed by atoms with E-state index in [9.17, 15) is 13.2 Å². The largest absolute Gasteiger partial charge is 0.490 e. The molecule has 0 bridgehead atoms. The number of carbonyl (C=O) groups is 1. The van der Waals surface area contributed by atoms with Gasteiger partial charge in [-0.1, -0.05) is 6.92 Å². The molecule has 2 aromatic heterocycles. The van der Waals surface area contributed by atoms with Gasteiger partial charge in [-0.2, -0.15) is 13.2 Å². The number of nitrogens with two attached hydrogens (primary N) is 1. The number of fused-ring (bicyclic) bond motifs is 1. The molecule has 3 N–H and O–H groups in total. The first kappa shape index (κ1) is 14.8. The predicted molar refractivity (Wildman–Crippen MR) is 63.0 cm³/mol. The number of aromatic nitrogens is 2. The summed E-state index contributed by atoms with van der Waals surface area (Å²) in [4.78, 5) is 12.9. The normalized spacial score (nSPS) is 10.9. The van der Waals surface area contributed by atoms with Crippen molar-refractivity contribution in [2.24, 2.45) is 0 Å². The van der Waals surface area contributed by atoms with Crippen LogP contribution in [-0.4, -0.2) is 26.9 Å². The van der Waals surface area contributed by atoms with Crippen molar-refractivity contribution in [3.63, 3.8) is 0 Å². The summed E-state index contributed by atoms with van der Waals surface area (Å²) < 4.78 is 33.4. The molecule has 104 valence electrons. The van der Waals surface area contributed by atoms with Crippen LogP contribution in [0.2, 0.25) is 0 Å². The van der Waals surface area contributed by atoms with E-state index in [1.165, 1.54) is 10.9 Å². The molecular weight excluding hydrogens is 263 g/mol. The average molecular weight is 275 g/mol.